The molecule has 0 atom stereocenters. The Morgan fingerprint density at radius 3 is 2.91 bits per heavy atom. The number of amides is 1. The molecule has 0 spiro atoms. The molecule has 0 saturated carbocycles. The highest BCUT2D eigenvalue weighted by Gasteiger charge is 2.07. The van der Waals surface area contributed by atoms with Crippen molar-refractivity contribution in [3.05, 3.63) is 71.4 Å². The zero-order valence-corrected chi connectivity index (χ0v) is 12.0. The second-order valence-corrected chi connectivity index (χ2v) is 5.06. The minimum Gasteiger partial charge on any atom is -0.361 e. The number of nitriles is 1. The Morgan fingerprint density at radius 1 is 1.18 bits per heavy atom. The summed E-state index contributed by atoms with van der Waals surface area (Å²) in [6.45, 7) is 0.553. The van der Waals surface area contributed by atoms with Crippen LogP contribution >= 0.6 is 0 Å². The summed E-state index contributed by atoms with van der Waals surface area (Å²) in [6, 6.07) is 16.8. The maximum atomic E-state index is 12.1. The van der Waals surface area contributed by atoms with Crippen LogP contribution in [0.3, 0.4) is 0 Å². The molecule has 0 aliphatic heterocycles. The van der Waals surface area contributed by atoms with Crippen LogP contribution in [0.2, 0.25) is 0 Å². The summed E-state index contributed by atoms with van der Waals surface area (Å²) < 4.78 is 0. The number of aromatic amines is 1. The second-order valence-electron chi connectivity index (χ2n) is 5.06. The molecule has 1 aromatic heterocycles. The third-order valence-corrected chi connectivity index (χ3v) is 3.61. The van der Waals surface area contributed by atoms with Gasteiger partial charge in [-0.1, -0.05) is 24.3 Å². The van der Waals surface area contributed by atoms with E-state index in [-0.39, 0.29) is 5.91 Å². The van der Waals surface area contributed by atoms with Gasteiger partial charge in [-0.3, -0.25) is 4.79 Å². The minimum atomic E-state index is -0.156. The lowest BCUT2D eigenvalue weighted by molar-refractivity contribution is 0.0954. The number of hydrogen-bond acceptors (Lipinski definition) is 2. The minimum absolute atomic E-state index is 0.156. The molecule has 0 fully saturated rings. The molecular weight excluding hydrogens is 274 g/mol. The quantitative estimate of drug-likeness (QED) is 0.775. The predicted molar refractivity (Wildman–Crippen MR) is 85.5 cm³/mol. The Kier molecular flexibility index (Phi) is 3.88. The van der Waals surface area contributed by atoms with Crippen LogP contribution in [0.5, 0.6) is 0 Å². The molecule has 3 aromatic rings. The van der Waals surface area contributed by atoms with Crippen molar-refractivity contribution >= 4 is 16.8 Å². The van der Waals surface area contributed by atoms with Crippen LogP contribution in [0.15, 0.2) is 54.7 Å². The van der Waals surface area contributed by atoms with Gasteiger partial charge in [0.2, 0.25) is 0 Å². The van der Waals surface area contributed by atoms with Crippen LogP contribution in [-0.2, 0) is 6.42 Å². The number of carbonyl (C=O) groups excluding carboxylic acids is 1. The van der Waals surface area contributed by atoms with Crippen LogP contribution < -0.4 is 5.32 Å². The normalized spacial score (nSPS) is 10.3. The van der Waals surface area contributed by atoms with Crippen molar-refractivity contribution in [1.29, 1.82) is 5.26 Å². The Bertz CT molecular complexity index is 858. The fraction of sp³-hybridized carbons (Fsp3) is 0.111. The zero-order chi connectivity index (χ0) is 15.4. The van der Waals surface area contributed by atoms with E-state index in [9.17, 15) is 4.79 Å². The van der Waals surface area contributed by atoms with E-state index in [2.05, 4.69) is 16.4 Å². The van der Waals surface area contributed by atoms with Crippen molar-refractivity contribution in [2.45, 2.75) is 6.42 Å². The topological polar surface area (TPSA) is 68.7 Å². The first-order valence-electron chi connectivity index (χ1n) is 7.11. The molecule has 4 nitrogen and oxygen atoms in total. The van der Waals surface area contributed by atoms with Crippen LogP contribution in [-0.4, -0.2) is 17.4 Å². The molecule has 0 aliphatic carbocycles. The van der Waals surface area contributed by atoms with E-state index in [1.807, 2.05) is 30.5 Å². The lowest BCUT2D eigenvalue weighted by Gasteiger charge is -2.05. The first-order valence-corrected chi connectivity index (χ1v) is 7.11. The number of aromatic nitrogens is 1. The smallest absolute Gasteiger partial charge is 0.251 e. The van der Waals surface area contributed by atoms with E-state index in [0.717, 1.165) is 11.9 Å². The molecule has 1 amide bonds. The van der Waals surface area contributed by atoms with Crippen LogP contribution in [0.1, 0.15) is 21.5 Å². The first kappa shape index (κ1) is 13.9. The van der Waals surface area contributed by atoms with Gasteiger partial charge < -0.3 is 10.3 Å². The Balaban J connectivity index is 1.63. The number of rotatable bonds is 4. The molecule has 0 unspecified atom stereocenters. The highest BCUT2D eigenvalue weighted by Crippen LogP contribution is 2.17. The number of fused-ring (bicyclic) bond motifs is 1. The third-order valence-electron chi connectivity index (χ3n) is 3.61. The molecule has 0 radical (unpaired) electrons. The highest BCUT2D eigenvalue weighted by molar-refractivity contribution is 5.94. The van der Waals surface area contributed by atoms with Gasteiger partial charge in [-0.2, -0.15) is 5.26 Å². The van der Waals surface area contributed by atoms with Crippen molar-refractivity contribution in [3.8, 4) is 6.07 Å². The summed E-state index contributed by atoms with van der Waals surface area (Å²) in [5.41, 5.74) is 3.29. The molecule has 108 valence electrons. The molecule has 2 N–H and O–H groups in total. The van der Waals surface area contributed by atoms with Crippen molar-refractivity contribution in [2.75, 3.05) is 6.54 Å². The van der Waals surface area contributed by atoms with Crippen molar-refractivity contribution in [2.24, 2.45) is 0 Å². The van der Waals surface area contributed by atoms with Crippen LogP contribution in [0, 0.1) is 11.3 Å². The fourth-order valence-corrected chi connectivity index (χ4v) is 2.48. The number of H-pyrrole nitrogens is 1. The molecule has 3 rings (SSSR count). The lowest BCUT2D eigenvalue weighted by Crippen LogP contribution is -2.25. The largest absolute Gasteiger partial charge is 0.361 e. The first-order chi connectivity index (χ1) is 10.8. The summed E-state index contributed by atoms with van der Waals surface area (Å²) in [5, 5.41) is 12.9. The molecule has 0 bridgehead atoms. The third kappa shape index (κ3) is 2.84. The van der Waals surface area contributed by atoms with E-state index < -0.39 is 0 Å². The standard InChI is InChI=1S/C18H15N3O/c19-11-13-4-3-5-14(10-13)18(22)20-9-8-15-12-21-17-7-2-1-6-16(15)17/h1-7,10,12,21H,8-9H2,(H,20,22). The van der Waals surface area contributed by atoms with Gasteiger partial charge in [-0.25, -0.2) is 0 Å². The Morgan fingerprint density at radius 2 is 2.05 bits per heavy atom. The van der Waals surface area contributed by atoms with E-state index >= 15 is 0 Å². The van der Waals surface area contributed by atoms with Gasteiger partial charge in [0.1, 0.15) is 0 Å². The summed E-state index contributed by atoms with van der Waals surface area (Å²) >= 11 is 0. The summed E-state index contributed by atoms with van der Waals surface area (Å²) in [5.74, 6) is -0.156. The number of nitrogens with one attached hydrogen (secondary N) is 2. The van der Waals surface area contributed by atoms with Gasteiger partial charge in [-0.15, -0.1) is 0 Å². The molecular formula is C18H15N3O. The number of carbonyl (C=O) groups is 1. The number of hydrogen-bond donors (Lipinski definition) is 2. The zero-order valence-electron chi connectivity index (χ0n) is 12.0. The number of para-hydroxylation sites is 1. The molecule has 22 heavy (non-hydrogen) atoms. The summed E-state index contributed by atoms with van der Waals surface area (Å²) in [6.07, 6.45) is 2.74. The predicted octanol–water partition coefficient (Wildman–Crippen LogP) is 3.01. The van der Waals surface area contributed by atoms with Gasteiger partial charge in [0.15, 0.2) is 0 Å². The molecule has 0 aliphatic rings. The summed E-state index contributed by atoms with van der Waals surface area (Å²) in [7, 11) is 0. The maximum absolute atomic E-state index is 12.1. The fourth-order valence-electron chi connectivity index (χ4n) is 2.48. The average Bonchev–Trinajstić information content (AvgIpc) is 2.98. The molecule has 2 aromatic carbocycles. The van der Waals surface area contributed by atoms with E-state index in [1.54, 1.807) is 24.3 Å². The van der Waals surface area contributed by atoms with Crippen molar-refractivity contribution < 1.29 is 4.79 Å². The average molecular weight is 289 g/mol. The van der Waals surface area contributed by atoms with Crippen molar-refractivity contribution in [3.63, 3.8) is 0 Å². The lowest BCUT2D eigenvalue weighted by atomic mass is 10.1. The van der Waals surface area contributed by atoms with Gasteiger partial charge in [0, 0.05) is 29.2 Å². The van der Waals surface area contributed by atoms with Crippen molar-refractivity contribution in [1.82, 2.24) is 10.3 Å². The van der Waals surface area contributed by atoms with Gasteiger partial charge in [0.25, 0.3) is 5.91 Å². The van der Waals surface area contributed by atoms with Gasteiger partial charge in [-0.05, 0) is 36.2 Å². The monoisotopic (exact) mass is 289 g/mol. The maximum Gasteiger partial charge on any atom is 0.251 e. The van der Waals surface area contributed by atoms with Crippen LogP contribution in [0.4, 0.5) is 0 Å². The molecule has 1 heterocycles. The van der Waals surface area contributed by atoms with E-state index in [4.69, 9.17) is 5.26 Å². The Hall–Kier alpha value is -3.06. The second kappa shape index (κ2) is 6.15. The van der Waals surface area contributed by atoms with E-state index in [1.165, 1.54) is 10.9 Å². The summed E-state index contributed by atoms with van der Waals surface area (Å²) in [4.78, 5) is 15.3. The molecule has 4 heteroatoms. The Labute approximate surface area is 128 Å². The van der Waals surface area contributed by atoms with Gasteiger partial charge >= 0.3 is 0 Å². The number of benzene rings is 2. The SMILES string of the molecule is N#Cc1cccc(C(=O)NCCc2c[nH]c3ccccc23)c1. The van der Waals surface area contributed by atoms with E-state index in [0.29, 0.717) is 17.7 Å². The van der Waals surface area contributed by atoms with Crippen LogP contribution in [0.25, 0.3) is 10.9 Å². The number of nitrogens with zero attached hydrogens (tertiary/aromatic N) is 1. The van der Waals surface area contributed by atoms with Gasteiger partial charge in [0.05, 0.1) is 11.6 Å². The molecule has 0 saturated heterocycles. The highest BCUT2D eigenvalue weighted by atomic mass is 16.1.